The number of hydrogen-bond acceptors (Lipinski definition) is 2. The standard InChI is InChI=1S/C10H11F4N3/c1-2-16-9(17-15)7-5-6(10(12,13)14)3-4-8(7)11/h3-5H,2,15H2,1H3,(H,16,17). The van der Waals surface area contributed by atoms with E-state index in [0.717, 1.165) is 6.07 Å². The van der Waals surface area contributed by atoms with Crippen molar-refractivity contribution in [3.8, 4) is 0 Å². The van der Waals surface area contributed by atoms with Crippen LogP contribution in [0.4, 0.5) is 17.6 Å². The van der Waals surface area contributed by atoms with E-state index >= 15 is 0 Å². The second kappa shape index (κ2) is 5.13. The van der Waals surface area contributed by atoms with Gasteiger partial charge in [0.05, 0.1) is 11.1 Å². The van der Waals surface area contributed by atoms with Crippen LogP contribution >= 0.6 is 0 Å². The van der Waals surface area contributed by atoms with Crippen molar-refractivity contribution in [2.45, 2.75) is 13.1 Å². The molecule has 7 heteroatoms. The summed E-state index contributed by atoms with van der Waals surface area (Å²) in [6.45, 7) is 1.93. The van der Waals surface area contributed by atoms with Gasteiger partial charge in [-0.05, 0) is 25.1 Å². The number of benzene rings is 1. The van der Waals surface area contributed by atoms with Gasteiger partial charge in [-0.3, -0.25) is 4.99 Å². The lowest BCUT2D eigenvalue weighted by atomic mass is 10.1. The number of aliphatic imine (C=N–C) groups is 1. The molecule has 1 aromatic carbocycles. The van der Waals surface area contributed by atoms with E-state index in [4.69, 9.17) is 5.84 Å². The van der Waals surface area contributed by atoms with Gasteiger partial charge in [-0.1, -0.05) is 0 Å². The molecule has 94 valence electrons. The quantitative estimate of drug-likeness (QED) is 0.277. The molecule has 0 aliphatic heterocycles. The number of rotatable bonds is 2. The summed E-state index contributed by atoms with van der Waals surface area (Å²) in [6, 6.07) is 2.07. The first kappa shape index (κ1) is 13.4. The minimum Gasteiger partial charge on any atom is -0.308 e. The number of nitrogens with one attached hydrogen (secondary N) is 1. The van der Waals surface area contributed by atoms with Crippen LogP contribution in [0.1, 0.15) is 18.1 Å². The van der Waals surface area contributed by atoms with Crippen molar-refractivity contribution >= 4 is 5.84 Å². The highest BCUT2D eigenvalue weighted by Crippen LogP contribution is 2.30. The van der Waals surface area contributed by atoms with Crippen molar-refractivity contribution in [1.29, 1.82) is 0 Å². The van der Waals surface area contributed by atoms with Gasteiger partial charge >= 0.3 is 6.18 Å². The molecule has 0 aromatic heterocycles. The molecule has 0 radical (unpaired) electrons. The molecule has 0 atom stereocenters. The van der Waals surface area contributed by atoms with Gasteiger partial charge in [0.15, 0.2) is 0 Å². The highest BCUT2D eigenvalue weighted by molar-refractivity contribution is 5.98. The Labute approximate surface area is 95.3 Å². The number of amidine groups is 1. The van der Waals surface area contributed by atoms with E-state index in [2.05, 4.69) is 10.4 Å². The van der Waals surface area contributed by atoms with E-state index in [-0.39, 0.29) is 17.9 Å². The van der Waals surface area contributed by atoms with Gasteiger partial charge in [0.25, 0.3) is 0 Å². The molecule has 0 fully saturated rings. The van der Waals surface area contributed by atoms with Crippen LogP contribution in [0.15, 0.2) is 23.2 Å². The fraction of sp³-hybridized carbons (Fsp3) is 0.300. The van der Waals surface area contributed by atoms with Crippen molar-refractivity contribution < 1.29 is 17.6 Å². The maximum absolute atomic E-state index is 13.4. The smallest absolute Gasteiger partial charge is 0.308 e. The number of nitrogens with zero attached hydrogens (tertiary/aromatic N) is 1. The van der Waals surface area contributed by atoms with Crippen LogP contribution in [0.3, 0.4) is 0 Å². The molecule has 1 rings (SSSR count). The lowest BCUT2D eigenvalue weighted by Gasteiger charge is -2.11. The minimum absolute atomic E-state index is 0.115. The zero-order chi connectivity index (χ0) is 13.1. The normalized spacial score (nSPS) is 12.7. The summed E-state index contributed by atoms with van der Waals surface area (Å²) in [5.41, 5.74) is 0.829. The third kappa shape index (κ3) is 3.16. The van der Waals surface area contributed by atoms with Crippen molar-refractivity contribution in [2.75, 3.05) is 6.54 Å². The van der Waals surface area contributed by atoms with Gasteiger partial charge in [0.2, 0.25) is 0 Å². The zero-order valence-electron chi connectivity index (χ0n) is 8.98. The van der Waals surface area contributed by atoms with Crippen LogP contribution in [0.2, 0.25) is 0 Å². The molecule has 3 nitrogen and oxygen atoms in total. The molecule has 17 heavy (non-hydrogen) atoms. The van der Waals surface area contributed by atoms with Gasteiger partial charge < -0.3 is 5.43 Å². The van der Waals surface area contributed by atoms with E-state index in [0.29, 0.717) is 12.1 Å². The fourth-order valence-corrected chi connectivity index (χ4v) is 1.25. The lowest BCUT2D eigenvalue weighted by Crippen LogP contribution is -2.32. The van der Waals surface area contributed by atoms with Gasteiger partial charge in [-0.2, -0.15) is 13.2 Å². The van der Waals surface area contributed by atoms with Crippen LogP contribution in [0, 0.1) is 5.82 Å². The van der Waals surface area contributed by atoms with E-state index in [1.807, 2.05) is 0 Å². The second-order valence-corrected chi connectivity index (χ2v) is 3.16. The number of nitrogens with two attached hydrogens (primary N) is 1. The van der Waals surface area contributed by atoms with E-state index in [1.54, 1.807) is 6.92 Å². The average Bonchev–Trinajstić information content (AvgIpc) is 2.25. The van der Waals surface area contributed by atoms with E-state index in [9.17, 15) is 17.6 Å². The summed E-state index contributed by atoms with van der Waals surface area (Å²) in [5, 5.41) is 0. The average molecular weight is 249 g/mol. The summed E-state index contributed by atoms with van der Waals surface area (Å²) < 4.78 is 50.7. The molecule has 0 aliphatic rings. The van der Waals surface area contributed by atoms with Gasteiger partial charge in [0.1, 0.15) is 11.7 Å². The Bertz CT molecular complexity index is 426. The van der Waals surface area contributed by atoms with Crippen LogP contribution in [0.5, 0.6) is 0 Å². The van der Waals surface area contributed by atoms with Crippen molar-refractivity contribution in [2.24, 2.45) is 10.8 Å². The first-order valence-corrected chi connectivity index (χ1v) is 4.78. The molecule has 3 N–H and O–H groups in total. The van der Waals surface area contributed by atoms with Crippen molar-refractivity contribution in [3.05, 3.63) is 35.1 Å². The number of alkyl halides is 3. The molecule has 1 aromatic rings. The highest BCUT2D eigenvalue weighted by Gasteiger charge is 2.31. The Morgan fingerprint density at radius 3 is 2.53 bits per heavy atom. The number of hydrogen-bond donors (Lipinski definition) is 2. The first-order valence-electron chi connectivity index (χ1n) is 4.78. The predicted octanol–water partition coefficient (Wildman–Crippen LogP) is 2.07. The third-order valence-electron chi connectivity index (χ3n) is 2.00. The maximum Gasteiger partial charge on any atom is 0.416 e. The van der Waals surface area contributed by atoms with E-state index < -0.39 is 17.6 Å². The van der Waals surface area contributed by atoms with Crippen molar-refractivity contribution in [1.82, 2.24) is 5.43 Å². The molecule has 0 heterocycles. The number of hydrazine groups is 1. The Hall–Kier alpha value is -1.63. The van der Waals surface area contributed by atoms with Crippen molar-refractivity contribution in [3.63, 3.8) is 0 Å². The second-order valence-electron chi connectivity index (χ2n) is 3.16. The van der Waals surface area contributed by atoms with Crippen LogP contribution in [0.25, 0.3) is 0 Å². The largest absolute Gasteiger partial charge is 0.416 e. The minimum atomic E-state index is -4.53. The molecule has 0 saturated heterocycles. The van der Waals surface area contributed by atoms with E-state index in [1.165, 1.54) is 0 Å². The molecule has 0 amide bonds. The Kier molecular flexibility index (Phi) is 4.06. The fourth-order valence-electron chi connectivity index (χ4n) is 1.25. The summed E-state index contributed by atoms with van der Waals surface area (Å²) in [4.78, 5) is 3.77. The zero-order valence-corrected chi connectivity index (χ0v) is 8.98. The molecule has 0 spiro atoms. The SMILES string of the molecule is CCN=C(NN)c1cc(C(F)(F)F)ccc1F. The summed E-state index contributed by atoms with van der Waals surface area (Å²) in [6.07, 6.45) is -4.53. The summed E-state index contributed by atoms with van der Waals surface area (Å²) in [7, 11) is 0. The molecular formula is C10H11F4N3. The summed E-state index contributed by atoms with van der Waals surface area (Å²) in [5.74, 6) is 4.16. The molecule has 0 unspecified atom stereocenters. The monoisotopic (exact) mass is 249 g/mol. The predicted molar refractivity (Wildman–Crippen MR) is 55.8 cm³/mol. The molecular weight excluding hydrogens is 238 g/mol. The topological polar surface area (TPSA) is 50.4 Å². The first-order chi connectivity index (χ1) is 7.90. The molecule has 0 saturated carbocycles. The Morgan fingerprint density at radius 2 is 2.06 bits per heavy atom. The maximum atomic E-state index is 13.4. The summed E-state index contributed by atoms with van der Waals surface area (Å²) >= 11 is 0. The highest BCUT2D eigenvalue weighted by atomic mass is 19.4. The van der Waals surface area contributed by atoms with Gasteiger partial charge in [0, 0.05) is 6.54 Å². The van der Waals surface area contributed by atoms with Gasteiger partial charge in [-0.25, -0.2) is 10.2 Å². The molecule has 0 bridgehead atoms. The lowest BCUT2D eigenvalue weighted by molar-refractivity contribution is -0.137. The number of halogens is 4. The van der Waals surface area contributed by atoms with Crippen LogP contribution in [-0.2, 0) is 6.18 Å². The van der Waals surface area contributed by atoms with Crippen LogP contribution < -0.4 is 11.3 Å². The third-order valence-corrected chi connectivity index (χ3v) is 2.00. The molecule has 0 aliphatic carbocycles. The van der Waals surface area contributed by atoms with Crippen LogP contribution in [-0.4, -0.2) is 12.4 Å². The Morgan fingerprint density at radius 1 is 1.41 bits per heavy atom. The van der Waals surface area contributed by atoms with Gasteiger partial charge in [-0.15, -0.1) is 0 Å². The Balaban J connectivity index is 3.28.